The van der Waals surface area contributed by atoms with E-state index >= 15 is 0 Å². The van der Waals surface area contributed by atoms with Gasteiger partial charge in [0.25, 0.3) is 0 Å². The molecule has 5 heavy (non-hydrogen) atoms. The minimum atomic E-state index is -0.458. The van der Waals surface area contributed by atoms with Gasteiger partial charge in [-0.2, -0.15) is 0 Å². The van der Waals surface area contributed by atoms with Crippen molar-refractivity contribution in [1.29, 1.82) is 0 Å². The minimum absolute atomic E-state index is 0. The Morgan fingerprint density at radius 2 is 1.40 bits per heavy atom. The van der Waals surface area contributed by atoms with Crippen LogP contribution in [0.2, 0.25) is 0 Å². The standard InChI is InChI=1S/CO.3Co/c1-2;;;. The molecule has 0 spiro atoms. The van der Waals surface area contributed by atoms with E-state index in [0.717, 1.165) is 0 Å². The molecule has 0 N–H and O–H groups in total. The van der Waals surface area contributed by atoms with E-state index in [-0.39, 0.29) is 16.8 Å². The average molecular weight is 205 g/mol. The van der Waals surface area contributed by atoms with Crippen molar-refractivity contribution in [2.45, 2.75) is 0 Å². The number of rotatable bonds is 0. The predicted octanol–water partition coefficient (Wildman–Crippen LogP) is 0.198. The van der Waals surface area contributed by atoms with Gasteiger partial charge in [0, 0.05) is 16.8 Å². The first-order valence-corrected chi connectivity index (χ1v) is 1.58. The van der Waals surface area contributed by atoms with Crippen LogP contribution in [0.1, 0.15) is 0 Å². The quantitative estimate of drug-likeness (QED) is 0.551. The topological polar surface area (TPSA) is 17.1 Å². The molecule has 0 rings (SSSR count). The molecule has 0 aromatic heterocycles. The third kappa shape index (κ3) is 37.3. The summed E-state index contributed by atoms with van der Waals surface area (Å²) in [5, 5.41) is 0. The van der Waals surface area contributed by atoms with Gasteiger partial charge in [0.15, 0.2) is 0 Å². The third-order valence-corrected chi connectivity index (χ3v) is 0. The monoisotopic (exact) mass is 205 g/mol. The van der Waals surface area contributed by atoms with E-state index < -0.39 is 3.65 Å². The van der Waals surface area contributed by atoms with Crippen molar-refractivity contribution >= 4 is 3.65 Å². The van der Waals surface area contributed by atoms with E-state index in [4.69, 9.17) is 4.79 Å². The summed E-state index contributed by atoms with van der Waals surface area (Å²) in [6.45, 7) is 0. The summed E-state index contributed by atoms with van der Waals surface area (Å²) in [6, 6.07) is 0. The second-order valence-electron chi connectivity index (χ2n) is 0.192. The molecule has 0 bridgehead atoms. The van der Waals surface area contributed by atoms with Crippen LogP contribution in [-0.2, 0) is 48.3 Å². The summed E-state index contributed by atoms with van der Waals surface area (Å²) in [7, 11) is 0. The van der Waals surface area contributed by atoms with Crippen molar-refractivity contribution in [1.82, 2.24) is 0 Å². The predicted molar refractivity (Wildman–Crippen MR) is 5.40 cm³/mol. The molecule has 0 saturated carbocycles. The van der Waals surface area contributed by atoms with Crippen molar-refractivity contribution in [2.75, 3.05) is 0 Å². The number of carbonyl (C=O) groups is 1. The Bertz CT molecular complexity index is 29.9. The van der Waals surface area contributed by atoms with Gasteiger partial charge < -0.3 is 0 Å². The zero-order valence-electron chi connectivity index (χ0n) is 1.91. The zero-order chi connectivity index (χ0) is 3.58. The first-order chi connectivity index (χ1) is 1.73. The Kier molecular flexibility index (Phi) is 9.86. The van der Waals surface area contributed by atoms with Gasteiger partial charge >= 0.3 is 39.9 Å². The Morgan fingerprint density at radius 1 is 1.40 bits per heavy atom. The fourth-order valence-corrected chi connectivity index (χ4v) is 0. The number of hydrogen-bond acceptors (Lipinski definition) is 1. The first-order valence-electron chi connectivity index (χ1n) is 0.537. The van der Waals surface area contributed by atoms with Crippen LogP contribution < -0.4 is 0 Å². The Balaban J connectivity index is 0. The largest absolute Gasteiger partial charge is 0 e. The molecule has 0 amide bonds. The second-order valence-corrected chi connectivity index (χ2v) is 1.51. The van der Waals surface area contributed by atoms with Gasteiger partial charge in [-0.05, 0) is 0 Å². The molecule has 0 saturated heterocycles. The summed E-state index contributed by atoms with van der Waals surface area (Å²) >= 11 is 6.46. The maximum atomic E-state index is 9.17. The van der Waals surface area contributed by atoms with Gasteiger partial charge in [-0.3, -0.25) is 0 Å². The summed E-state index contributed by atoms with van der Waals surface area (Å²) in [5.41, 5.74) is 0. The Hall–Kier alpha value is 1.19. The third-order valence-electron chi connectivity index (χ3n) is 0. The minimum Gasteiger partial charge on any atom is 0 e. The summed E-state index contributed by atoms with van der Waals surface area (Å²) in [6.07, 6.45) is 0. The van der Waals surface area contributed by atoms with Gasteiger partial charge in [0.1, 0.15) is 0 Å². The first kappa shape index (κ1) is 9.50. The van der Waals surface area contributed by atoms with Crippen molar-refractivity contribution < 1.29 is 53.0 Å². The molecule has 1 nitrogen and oxygen atoms in total. The van der Waals surface area contributed by atoms with Gasteiger partial charge in [-0.25, -0.2) is 0 Å². The molecular formula is CCo3O. The van der Waals surface area contributed by atoms with Gasteiger partial charge in [0.2, 0.25) is 0 Å². The Labute approximate surface area is 56.6 Å². The van der Waals surface area contributed by atoms with E-state index in [1.165, 1.54) is 0 Å². The zero-order valence-corrected chi connectivity index (χ0v) is 5.03. The summed E-state index contributed by atoms with van der Waals surface area (Å²) in [4.78, 5) is 9.17. The molecule has 0 atom stereocenters. The van der Waals surface area contributed by atoms with Crippen LogP contribution in [0.5, 0.6) is 0 Å². The van der Waals surface area contributed by atoms with Gasteiger partial charge in [-0.1, -0.05) is 0 Å². The van der Waals surface area contributed by atoms with E-state index in [0.29, 0.717) is 0 Å². The molecule has 4 heteroatoms. The van der Waals surface area contributed by atoms with Crippen LogP contribution in [0.4, 0.5) is 4.79 Å². The van der Waals surface area contributed by atoms with Crippen LogP contribution in [-0.4, -0.2) is 3.65 Å². The molecule has 0 fully saturated rings. The fourth-order valence-electron chi connectivity index (χ4n) is 0. The molecule has 0 aliphatic heterocycles. The summed E-state index contributed by atoms with van der Waals surface area (Å²) in [5.74, 6) is 0. The SMILES string of the molecule is O=[C]([Co])[Co].[Co]. The molecule has 0 aliphatic carbocycles. The Morgan fingerprint density at radius 3 is 1.40 bits per heavy atom. The molecular weight excluding hydrogens is 205 g/mol. The van der Waals surface area contributed by atoms with Crippen molar-refractivity contribution in [3.63, 3.8) is 0 Å². The van der Waals surface area contributed by atoms with E-state index in [9.17, 15) is 0 Å². The molecule has 37 valence electrons. The summed E-state index contributed by atoms with van der Waals surface area (Å²) < 4.78 is -0.458. The van der Waals surface area contributed by atoms with Crippen LogP contribution >= 0.6 is 0 Å². The van der Waals surface area contributed by atoms with Crippen LogP contribution in [0.25, 0.3) is 0 Å². The van der Waals surface area contributed by atoms with Gasteiger partial charge in [-0.15, -0.1) is 0 Å². The normalized spacial score (nSPS) is 5.60. The van der Waals surface area contributed by atoms with Crippen LogP contribution in [0, 0.1) is 0 Å². The van der Waals surface area contributed by atoms with Crippen molar-refractivity contribution in [3.8, 4) is 0 Å². The number of hydrogen-bond donors (Lipinski definition) is 0. The average Bonchev–Trinajstić information content (AvgIpc) is 0.811. The van der Waals surface area contributed by atoms with E-state index in [2.05, 4.69) is 31.5 Å². The maximum Gasteiger partial charge on any atom is 0 e. The molecule has 0 aromatic rings. The van der Waals surface area contributed by atoms with Gasteiger partial charge in [0.05, 0.1) is 0 Å². The molecule has 0 unspecified atom stereocenters. The smallest absolute Gasteiger partial charge is 0 e. The van der Waals surface area contributed by atoms with Crippen molar-refractivity contribution in [2.24, 2.45) is 0 Å². The number of carbonyl (C=O) groups excluding carboxylic acids is 1. The second kappa shape index (κ2) is 5.19. The van der Waals surface area contributed by atoms with E-state index in [1.807, 2.05) is 0 Å². The molecule has 0 heterocycles. The molecule has 0 aliphatic rings. The fraction of sp³-hybridized carbons (Fsp3) is 0. The van der Waals surface area contributed by atoms with Crippen LogP contribution in [0.15, 0.2) is 0 Å². The maximum absolute atomic E-state index is 9.17. The van der Waals surface area contributed by atoms with Crippen LogP contribution in [0.3, 0.4) is 0 Å². The van der Waals surface area contributed by atoms with E-state index in [1.54, 1.807) is 0 Å². The molecule has 0 aromatic carbocycles. The molecule has 1 radical (unpaired) electrons. The van der Waals surface area contributed by atoms with Crippen molar-refractivity contribution in [3.05, 3.63) is 0 Å².